The van der Waals surface area contributed by atoms with Gasteiger partial charge in [-0.3, -0.25) is 9.59 Å². The Morgan fingerprint density at radius 3 is 2.33 bits per heavy atom. The number of rotatable bonds is 5. The van der Waals surface area contributed by atoms with E-state index in [9.17, 15) is 9.59 Å². The molecular formula is C25H20N2O3. The lowest BCUT2D eigenvalue weighted by Gasteiger charge is -2.12. The molecular weight excluding hydrogens is 376 g/mol. The Labute approximate surface area is 174 Å². The number of benzene rings is 3. The molecule has 0 atom stereocenters. The Morgan fingerprint density at radius 1 is 0.833 bits per heavy atom. The predicted molar refractivity (Wildman–Crippen MR) is 118 cm³/mol. The molecule has 2 N–H and O–H groups in total. The number of furan rings is 1. The second-order valence-corrected chi connectivity index (χ2v) is 6.81. The highest BCUT2D eigenvalue weighted by Gasteiger charge is 2.16. The van der Waals surface area contributed by atoms with Gasteiger partial charge in [-0.05, 0) is 42.6 Å². The van der Waals surface area contributed by atoms with Crippen LogP contribution in [0.3, 0.4) is 0 Å². The first-order chi connectivity index (χ1) is 14.6. The van der Waals surface area contributed by atoms with Crippen LogP contribution in [-0.2, 0) is 4.79 Å². The van der Waals surface area contributed by atoms with E-state index >= 15 is 0 Å². The number of amides is 2. The van der Waals surface area contributed by atoms with Gasteiger partial charge in [0.15, 0.2) is 0 Å². The third-order valence-corrected chi connectivity index (χ3v) is 4.61. The highest BCUT2D eigenvalue weighted by atomic mass is 16.3. The lowest BCUT2D eigenvalue weighted by atomic mass is 10.1. The molecule has 0 bridgehead atoms. The Balaban J connectivity index is 1.65. The topological polar surface area (TPSA) is 71.3 Å². The molecule has 5 nitrogen and oxygen atoms in total. The van der Waals surface area contributed by atoms with Crippen LogP contribution in [0.15, 0.2) is 95.0 Å². The van der Waals surface area contributed by atoms with Crippen molar-refractivity contribution in [1.82, 2.24) is 5.32 Å². The van der Waals surface area contributed by atoms with Crippen molar-refractivity contribution in [3.05, 3.63) is 108 Å². The number of hydrogen-bond donors (Lipinski definition) is 2. The molecule has 0 saturated heterocycles. The first-order valence-electron chi connectivity index (χ1n) is 9.54. The number of aryl methyl sites for hydroxylation is 1. The monoisotopic (exact) mass is 396 g/mol. The molecule has 2 amide bonds. The molecule has 4 rings (SSSR count). The molecule has 4 aromatic rings. The third-order valence-electron chi connectivity index (χ3n) is 4.61. The van der Waals surface area contributed by atoms with Crippen molar-refractivity contribution < 1.29 is 14.0 Å². The van der Waals surface area contributed by atoms with E-state index in [1.54, 1.807) is 36.4 Å². The zero-order chi connectivity index (χ0) is 20.9. The van der Waals surface area contributed by atoms with E-state index < -0.39 is 5.91 Å². The summed E-state index contributed by atoms with van der Waals surface area (Å²) in [5.41, 5.74) is 1.21. The van der Waals surface area contributed by atoms with Crippen molar-refractivity contribution in [1.29, 1.82) is 0 Å². The fraction of sp³-hybridized carbons (Fsp3) is 0.0400. The van der Waals surface area contributed by atoms with E-state index in [1.807, 2.05) is 55.5 Å². The quantitative estimate of drug-likeness (QED) is 0.458. The van der Waals surface area contributed by atoms with Crippen molar-refractivity contribution in [3.63, 3.8) is 0 Å². The average molecular weight is 396 g/mol. The first kappa shape index (κ1) is 19.2. The largest absolute Gasteiger partial charge is 0.462 e. The van der Waals surface area contributed by atoms with E-state index in [0.717, 1.165) is 10.8 Å². The number of anilines is 1. The summed E-state index contributed by atoms with van der Waals surface area (Å²) in [7, 11) is 0. The van der Waals surface area contributed by atoms with Gasteiger partial charge in [0, 0.05) is 22.7 Å². The van der Waals surface area contributed by atoms with Gasteiger partial charge in [0.1, 0.15) is 17.2 Å². The van der Waals surface area contributed by atoms with Gasteiger partial charge in [0.25, 0.3) is 11.8 Å². The van der Waals surface area contributed by atoms with Crippen LogP contribution >= 0.6 is 0 Å². The molecule has 0 unspecified atom stereocenters. The van der Waals surface area contributed by atoms with Gasteiger partial charge in [0.05, 0.1) is 0 Å². The molecule has 0 aliphatic carbocycles. The summed E-state index contributed by atoms with van der Waals surface area (Å²) in [4.78, 5) is 25.8. The van der Waals surface area contributed by atoms with Crippen LogP contribution in [0.2, 0.25) is 0 Å². The van der Waals surface area contributed by atoms with E-state index in [-0.39, 0.29) is 11.6 Å². The van der Waals surface area contributed by atoms with Crippen molar-refractivity contribution in [2.75, 3.05) is 5.32 Å². The molecule has 3 aromatic carbocycles. The maximum atomic E-state index is 13.1. The van der Waals surface area contributed by atoms with Crippen LogP contribution in [0.1, 0.15) is 21.9 Å². The van der Waals surface area contributed by atoms with Crippen molar-refractivity contribution in [2.24, 2.45) is 0 Å². The highest BCUT2D eigenvalue weighted by molar-refractivity contribution is 6.13. The van der Waals surface area contributed by atoms with Crippen LogP contribution in [0.25, 0.3) is 16.8 Å². The SMILES string of the molecule is Cc1ccc(/C=C(\NC(=O)c2ccccc2)C(=O)Nc2cccc3ccccc23)o1. The molecule has 0 aliphatic heterocycles. The van der Waals surface area contributed by atoms with Crippen LogP contribution in [0, 0.1) is 6.92 Å². The normalized spacial score (nSPS) is 11.3. The Morgan fingerprint density at radius 2 is 1.57 bits per heavy atom. The minimum atomic E-state index is -0.440. The smallest absolute Gasteiger partial charge is 0.272 e. The zero-order valence-corrected chi connectivity index (χ0v) is 16.4. The van der Waals surface area contributed by atoms with Crippen LogP contribution in [0.5, 0.6) is 0 Å². The molecule has 1 aromatic heterocycles. The van der Waals surface area contributed by atoms with E-state index in [0.29, 0.717) is 22.8 Å². The summed E-state index contributed by atoms with van der Waals surface area (Å²) >= 11 is 0. The maximum Gasteiger partial charge on any atom is 0.272 e. The van der Waals surface area contributed by atoms with Crippen LogP contribution < -0.4 is 10.6 Å². The molecule has 0 spiro atoms. The molecule has 0 fully saturated rings. The molecule has 30 heavy (non-hydrogen) atoms. The summed E-state index contributed by atoms with van der Waals surface area (Å²) in [6, 6.07) is 25.7. The van der Waals surface area contributed by atoms with Crippen LogP contribution in [0.4, 0.5) is 5.69 Å². The summed E-state index contributed by atoms with van der Waals surface area (Å²) in [6.45, 7) is 1.82. The van der Waals surface area contributed by atoms with Gasteiger partial charge < -0.3 is 15.1 Å². The second kappa shape index (κ2) is 8.49. The van der Waals surface area contributed by atoms with E-state index in [1.165, 1.54) is 6.08 Å². The highest BCUT2D eigenvalue weighted by Crippen LogP contribution is 2.23. The predicted octanol–water partition coefficient (Wildman–Crippen LogP) is 5.15. The summed E-state index contributed by atoms with van der Waals surface area (Å²) in [6.07, 6.45) is 1.52. The number of hydrogen-bond acceptors (Lipinski definition) is 3. The van der Waals surface area contributed by atoms with Crippen molar-refractivity contribution >= 4 is 34.4 Å². The van der Waals surface area contributed by atoms with E-state index in [4.69, 9.17) is 4.42 Å². The summed E-state index contributed by atoms with van der Waals surface area (Å²) < 4.78 is 5.56. The molecule has 0 radical (unpaired) electrons. The molecule has 0 saturated carbocycles. The molecule has 0 aliphatic rings. The number of carbonyl (C=O) groups is 2. The second-order valence-electron chi connectivity index (χ2n) is 6.81. The molecule has 148 valence electrons. The first-order valence-corrected chi connectivity index (χ1v) is 9.54. The number of fused-ring (bicyclic) bond motifs is 1. The maximum absolute atomic E-state index is 13.1. The van der Waals surface area contributed by atoms with Crippen LogP contribution in [-0.4, -0.2) is 11.8 Å². The minimum absolute atomic E-state index is 0.0890. The van der Waals surface area contributed by atoms with Crippen molar-refractivity contribution in [2.45, 2.75) is 6.92 Å². The summed E-state index contributed by atoms with van der Waals surface area (Å²) in [5, 5.41) is 7.54. The zero-order valence-electron chi connectivity index (χ0n) is 16.4. The lowest BCUT2D eigenvalue weighted by Crippen LogP contribution is -2.30. The fourth-order valence-corrected chi connectivity index (χ4v) is 3.14. The number of carbonyl (C=O) groups excluding carboxylic acids is 2. The van der Waals surface area contributed by atoms with Gasteiger partial charge in [-0.2, -0.15) is 0 Å². The van der Waals surface area contributed by atoms with Crippen molar-refractivity contribution in [3.8, 4) is 0 Å². The van der Waals surface area contributed by atoms with Gasteiger partial charge in [-0.15, -0.1) is 0 Å². The fourth-order valence-electron chi connectivity index (χ4n) is 3.14. The Bertz CT molecular complexity index is 1230. The average Bonchev–Trinajstić information content (AvgIpc) is 3.18. The van der Waals surface area contributed by atoms with Gasteiger partial charge in [-0.25, -0.2) is 0 Å². The molecule has 5 heteroatoms. The number of nitrogens with one attached hydrogen (secondary N) is 2. The van der Waals surface area contributed by atoms with Gasteiger partial charge in [-0.1, -0.05) is 54.6 Å². The lowest BCUT2D eigenvalue weighted by molar-refractivity contribution is -0.113. The minimum Gasteiger partial charge on any atom is -0.462 e. The van der Waals surface area contributed by atoms with E-state index in [2.05, 4.69) is 10.6 Å². The Hall–Kier alpha value is -4.12. The van der Waals surface area contributed by atoms with Gasteiger partial charge in [0.2, 0.25) is 0 Å². The summed E-state index contributed by atoms with van der Waals surface area (Å²) in [5.74, 6) is 0.372. The molecule has 1 heterocycles. The Kier molecular flexibility index (Phi) is 5.44. The third kappa shape index (κ3) is 4.31. The van der Waals surface area contributed by atoms with Gasteiger partial charge >= 0.3 is 0 Å². The standard InChI is InChI=1S/C25H20N2O3/c1-17-14-15-20(30-17)16-23(27-24(28)19-9-3-2-4-10-19)25(29)26-22-13-7-11-18-8-5-6-12-21(18)22/h2-16H,1H3,(H,26,29)(H,27,28)/b23-16-.